The van der Waals surface area contributed by atoms with Gasteiger partial charge in [0.2, 0.25) is 0 Å². The number of aromatic nitrogens is 2. The molecule has 158 valence electrons. The number of allylic oxidation sites excluding steroid dienone is 2. The van der Waals surface area contributed by atoms with E-state index in [1.165, 1.54) is 0 Å². The minimum absolute atomic E-state index is 0.0109. The van der Waals surface area contributed by atoms with Gasteiger partial charge in [-0.2, -0.15) is 0 Å². The largest absolute Gasteiger partial charge is 0.512 e. The van der Waals surface area contributed by atoms with Crippen molar-refractivity contribution in [3.05, 3.63) is 71.4 Å². The van der Waals surface area contributed by atoms with Crippen LogP contribution in [0.4, 0.5) is 0 Å². The molecule has 0 saturated heterocycles. The summed E-state index contributed by atoms with van der Waals surface area (Å²) in [5.74, 6) is 0.166. The third-order valence-electron chi connectivity index (χ3n) is 6.40. The van der Waals surface area contributed by atoms with Gasteiger partial charge in [-0.05, 0) is 39.9 Å². The number of H-pyrrole nitrogens is 1. The van der Waals surface area contributed by atoms with E-state index in [4.69, 9.17) is 0 Å². The van der Waals surface area contributed by atoms with E-state index in [0.717, 1.165) is 48.7 Å². The van der Waals surface area contributed by atoms with Crippen LogP contribution in [0.2, 0.25) is 0 Å². The van der Waals surface area contributed by atoms with Gasteiger partial charge in [0.15, 0.2) is 5.78 Å². The van der Waals surface area contributed by atoms with Crippen molar-refractivity contribution in [3.63, 3.8) is 0 Å². The summed E-state index contributed by atoms with van der Waals surface area (Å²) >= 11 is 1.56. The number of Topliss-reactive ketones (excluding diaryl/α,β-unsaturated/α-hetero) is 1. The van der Waals surface area contributed by atoms with Crippen molar-refractivity contribution < 1.29 is 9.90 Å². The van der Waals surface area contributed by atoms with Crippen LogP contribution in [0.3, 0.4) is 0 Å². The van der Waals surface area contributed by atoms with Gasteiger partial charge in [-0.25, -0.2) is 4.98 Å². The fraction of sp³-hybridized carbons (Fsp3) is 0.185. The first-order valence-electron chi connectivity index (χ1n) is 10.7. The lowest BCUT2D eigenvalue weighted by Gasteiger charge is -2.30. The zero-order valence-electron chi connectivity index (χ0n) is 17.9. The highest BCUT2D eigenvalue weighted by Gasteiger charge is 2.36. The second kappa shape index (κ2) is 6.78. The minimum atomic E-state index is -0.250. The normalized spacial score (nSPS) is 16.5. The number of hydrogen-bond donors (Lipinski definition) is 2. The molecule has 1 aliphatic carbocycles. The lowest BCUT2D eigenvalue weighted by molar-refractivity contribution is -0.116. The molecule has 0 bridgehead atoms. The average molecular weight is 439 g/mol. The second-order valence-corrected chi connectivity index (χ2v) is 10.2. The third kappa shape index (κ3) is 2.88. The lowest BCUT2D eigenvalue weighted by atomic mass is 9.74. The van der Waals surface area contributed by atoms with Crippen LogP contribution in [-0.4, -0.2) is 20.9 Å². The highest BCUT2D eigenvalue weighted by molar-refractivity contribution is 7.17. The van der Waals surface area contributed by atoms with E-state index in [0.29, 0.717) is 18.4 Å². The Kier molecular flexibility index (Phi) is 4.08. The number of carbonyl (C=O) groups is 1. The fourth-order valence-corrected chi connectivity index (χ4v) is 5.83. The average Bonchev–Trinajstić information content (AvgIpc) is 3.36. The molecule has 4 nitrogen and oxygen atoms in total. The molecular weight excluding hydrogens is 416 g/mol. The Morgan fingerprint density at radius 1 is 1.03 bits per heavy atom. The Labute approximate surface area is 189 Å². The summed E-state index contributed by atoms with van der Waals surface area (Å²) in [6, 6.07) is 18.6. The summed E-state index contributed by atoms with van der Waals surface area (Å²) in [5.41, 5.74) is 6.51. The molecule has 0 aliphatic heterocycles. The van der Waals surface area contributed by atoms with Crippen molar-refractivity contribution in [2.45, 2.75) is 26.7 Å². The van der Waals surface area contributed by atoms with Crippen molar-refractivity contribution in [3.8, 4) is 11.3 Å². The number of thiazole rings is 1. The molecule has 2 heterocycles. The fourth-order valence-electron chi connectivity index (χ4n) is 4.99. The van der Waals surface area contributed by atoms with Gasteiger partial charge in [0.05, 0.1) is 27.0 Å². The second-order valence-electron chi connectivity index (χ2n) is 9.39. The van der Waals surface area contributed by atoms with Crippen molar-refractivity contribution in [1.82, 2.24) is 9.97 Å². The Hall–Kier alpha value is -3.44. The first-order chi connectivity index (χ1) is 15.4. The monoisotopic (exact) mass is 438 g/mol. The Morgan fingerprint density at radius 3 is 2.66 bits per heavy atom. The molecule has 0 fully saturated rings. The first kappa shape index (κ1) is 19.3. The standard InChI is InChI=1S/C27H22N2O2S/c1-27(2)12-20(30)23(21(31)13-27)24-22-18(9-10-19-26(22)32-14-28-19)29-25(24)17-8-7-15-5-3-4-6-16(15)11-17/h3-11,14,29-30H,12-13H2,1-2H3. The maximum Gasteiger partial charge on any atom is 0.167 e. The molecule has 0 spiro atoms. The van der Waals surface area contributed by atoms with Crippen molar-refractivity contribution in [2.24, 2.45) is 5.41 Å². The molecule has 6 rings (SSSR count). The predicted octanol–water partition coefficient (Wildman–Crippen LogP) is 7.26. The first-order valence-corrected chi connectivity index (χ1v) is 11.6. The van der Waals surface area contributed by atoms with E-state index in [-0.39, 0.29) is 17.0 Å². The van der Waals surface area contributed by atoms with Crippen LogP contribution in [0, 0.1) is 5.41 Å². The predicted molar refractivity (Wildman–Crippen MR) is 132 cm³/mol. The van der Waals surface area contributed by atoms with Gasteiger partial charge in [-0.15, -0.1) is 11.3 Å². The molecule has 0 atom stereocenters. The van der Waals surface area contributed by atoms with Gasteiger partial charge < -0.3 is 10.1 Å². The summed E-state index contributed by atoms with van der Waals surface area (Å²) in [6.07, 6.45) is 0.894. The van der Waals surface area contributed by atoms with Crippen molar-refractivity contribution in [1.29, 1.82) is 0 Å². The number of aromatic amines is 1. The minimum Gasteiger partial charge on any atom is -0.512 e. The molecule has 5 heteroatoms. The molecule has 32 heavy (non-hydrogen) atoms. The molecule has 0 amide bonds. The van der Waals surface area contributed by atoms with Crippen LogP contribution in [-0.2, 0) is 4.79 Å². The molecule has 3 aromatic carbocycles. The zero-order chi connectivity index (χ0) is 22.0. The Morgan fingerprint density at radius 2 is 1.84 bits per heavy atom. The van der Waals surface area contributed by atoms with Crippen LogP contribution >= 0.6 is 11.3 Å². The lowest BCUT2D eigenvalue weighted by Crippen LogP contribution is -2.25. The molecular formula is C27H22N2O2S. The number of aliphatic hydroxyl groups is 1. The van der Waals surface area contributed by atoms with Gasteiger partial charge in [-0.1, -0.05) is 50.2 Å². The van der Waals surface area contributed by atoms with Gasteiger partial charge in [0, 0.05) is 29.3 Å². The van der Waals surface area contributed by atoms with Gasteiger partial charge in [0.25, 0.3) is 0 Å². The van der Waals surface area contributed by atoms with Crippen LogP contribution in [0.1, 0.15) is 32.3 Å². The van der Waals surface area contributed by atoms with Crippen LogP contribution in [0.5, 0.6) is 0 Å². The molecule has 2 aromatic heterocycles. The Bertz CT molecular complexity index is 1590. The van der Waals surface area contributed by atoms with E-state index in [1.807, 2.05) is 43.6 Å². The maximum atomic E-state index is 13.4. The van der Waals surface area contributed by atoms with E-state index >= 15 is 0 Å². The number of rotatable bonds is 2. The number of carbonyl (C=O) groups excluding carboxylic acids is 1. The topological polar surface area (TPSA) is 66.0 Å². The van der Waals surface area contributed by atoms with Crippen LogP contribution < -0.4 is 0 Å². The number of fused-ring (bicyclic) bond motifs is 4. The van der Waals surface area contributed by atoms with E-state index < -0.39 is 0 Å². The number of ketones is 1. The summed E-state index contributed by atoms with van der Waals surface area (Å²) in [4.78, 5) is 21.4. The molecule has 1 aliphatic rings. The third-order valence-corrected chi connectivity index (χ3v) is 7.26. The number of nitrogens with zero attached hydrogens (tertiary/aromatic N) is 1. The van der Waals surface area contributed by atoms with Crippen molar-refractivity contribution in [2.75, 3.05) is 0 Å². The van der Waals surface area contributed by atoms with Gasteiger partial charge in [-0.3, -0.25) is 4.79 Å². The molecule has 0 unspecified atom stereocenters. The zero-order valence-corrected chi connectivity index (χ0v) is 18.7. The number of hydrogen-bond acceptors (Lipinski definition) is 4. The van der Waals surface area contributed by atoms with Gasteiger partial charge in [0.1, 0.15) is 5.76 Å². The summed E-state index contributed by atoms with van der Waals surface area (Å²) in [6.45, 7) is 4.05. The highest BCUT2D eigenvalue weighted by atomic mass is 32.1. The molecule has 0 saturated carbocycles. The highest BCUT2D eigenvalue weighted by Crippen LogP contribution is 2.46. The summed E-state index contributed by atoms with van der Waals surface area (Å²) in [7, 11) is 0. The smallest absolute Gasteiger partial charge is 0.167 e. The quantitative estimate of drug-likeness (QED) is 0.305. The van der Waals surface area contributed by atoms with E-state index in [1.54, 1.807) is 11.3 Å². The Balaban J connectivity index is 1.72. The molecule has 0 radical (unpaired) electrons. The summed E-state index contributed by atoms with van der Waals surface area (Å²) < 4.78 is 1.03. The van der Waals surface area contributed by atoms with E-state index in [9.17, 15) is 9.90 Å². The van der Waals surface area contributed by atoms with Crippen molar-refractivity contribution >= 4 is 54.6 Å². The summed E-state index contributed by atoms with van der Waals surface area (Å²) in [5, 5.41) is 14.4. The van der Waals surface area contributed by atoms with Gasteiger partial charge >= 0.3 is 0 Å². The molecule has 5 aromatic rings. The van der Waals surface area contributed by atoms with Crippen LogP contribution in [0.15, 0.2) is 65.9 Å². The SMILES string of the molecule is CC1(C)CC(=O)C(c2c(-c3ccc4ccccc4c3)[nH]c3ccc4ncsc4c23)=C(O)C1. The number of benzene rings is 3. The number of nitrogens with one attached hydrogen (secondary N) is 1. The number of aliphatic hydroxyl groups excluding tert-OH is 1. The maximum absolute atomic E-state index is 13.4. The van der Waals surface area contributed by atoms with E-state index in [2.05, 4.69) is 40.3 Å². The van der Waals surface area contributed by atoms with Crippen LogP contribution in [0.25, 0.3) is 48.7 Å². The molecule has 2 N–H and O–H groups in total.